The number of carbonyl (C=O) groups excluding carboxylic acids is 2. The van der Waals surface area contributed by atoms with E-state index in [9.17, 15) is 14.4 Å². The molecule has 0 fully saturated rings. The topological polar surface area (TPSA) is 129 Å². The van der Waals surface area contributed by atoms with Crippen LogP contribution in [0.15, 0.2) is 0 Å². The van der Waals surface area contributed by atoms with Crippen LogP contribution < -0.4 is 5.32 Å². The molecule has 0 rings (SSSR count). The van der Waals surface area contributed by atoms with E-state index in [1.807, 2.05) is 13.8 Å². The van der Waals surface area contributed by atoms with Gasteiger partial charge in [0.15, 0.2) is 0 Å². The van der Waals surface area contributed by atoms with Crippen LogP contribution in [-0.4, -0.2) is 52.5 Å². The minimum atomic E-state index is -1.23. The van der Waals surface area contributed by atoms with E-state index < -0.39 is 29.8 Å². The minimum absolute atomic E-state index is 0.0908. The van der Waals surface area contributed by atoms with Crippen molar-refractivity contribution in [3.63, 3.8) is 0 Å². The third-order valence-corrected chi connectivity index (χ3v) is 2.84. The van der Waals surface area contributed by atoms with E-state index in [4.69, 9.17) is 15.4 Å². The van der Waals surface area contributed by atoms with E-state index in [2.05, 4.69) is 10.1 Å². The summed E-state index contributed by atoms with van der Waals surface area (Å²) in [5, 5.41) is 11.5. The van der Waals surface area contributed by atoms with Gasteiger partial charge in [-0.1, -0.05) is 13.8 Å². The average Bonchev–Trinajstić information content (AvgIpc) is 2.42. The van der Waals surface area contributed by atoms with Crippen LogP contribution in [0.2, 0.25) is 0 Å². The molecule has 0 saturated carbocycles. The molecule has 8 heteroatoms. The predicted molar refractivity (Wildman–Crippen MR) is 78.4 cm³/mol. The Labute approximate surface area is 129 Å². The summed E-state index contributed by atoms with van der Waals surface area (Å²) in [6, 6.07) is -1.20. The molecule has 8 nitrogen and oxygen atoms in total. The van der Waals surface area contributed by atoms with Gasteiger partial charge in [-0.05, 0) is 25.7 Å². The molecule has 0 aromatic rings. The second-order valence-corrected chi connectivity index (χ2v) is 5.22. The molecule has 2 unspecified atom stereocenters. The van der Waals surface area contributed by atoms with Gasteiger partial charge in [0.2, 0.25) is 11.7 Å². The zero-order valence-corrected chi connectivity index (χ0v) is 13.1. The molecule has 0 spiro atoms. The minimum Gasteiger partial charge on any atom is -0.480 e. The van der Waals surface area contributed by atoms with E-state index in [0.29, 0.717) is 19.2 Å². The first-order valence-electron chi connectivity index (χ1n) is 7.16. The van der Waals surface area contributed by atoms with Crippen molar-refractivity contribution in [2.75, 3.05) is 6.61 Å². The Morgan fingerprint density at radius 1 is 1.36 bits per heavy atom. The van der Waals surface area contributed by atoms with Gasteiger partial charge >= 0.3 is 12.2 Å². The van der Waals surface area contributed by atoms with E-state index in [1.54, 1.807) is 6.92 Å². The highest BCUT2D eigenvalue weighted by molar-refractivity contribution is 6.25. The van der Waals surface area contributed by atoms with Crippen molar-refractivity contribution in [2.45, 2.75) is 52.2 Å². The lowest BCUT2D eigenvalue weighted by molar-refractivity contribution is -0.145. The monoisotopic (exact) mass is 313 g/mol. The lowest BCUT2D eigenvalue weighted by atomic mass is 10.0. The van der Waals surface area contributed by atoms with Gasteiger partial charge in [-0.3, -0.25) is 9.59 Å². The van der Waals surface area contributed by atoms with Gasteiger partial charge in [0.1, 0.15) is 12.1 Å². The van der Waals surface area contributed by atoms with Crippen LogP contribution >= 0.6 is 0 Å². The summed E-state index contributed by atoms with van der Waals surface area (Å²) in [6.45, 7) is 5.96. The predicted octanol–water partition coefficient (Wildman–Crippen LogP) is 0.657. The van der Waals surface area contributed by atoms with Gasteiger partial charge in [0.25, 0.3) is 0 Å². The van der Waals surface area contributed by atoms with Crippen LogP contribution in [0.25, 0.3) is 5.53 Å². The number of nitrogens with zero attached hydrogens (tertiary/aromatic N) is 2. The van der Waals surface area contributed by atoms with E-state index >= 15 is 0 Å². The largest absolute Gasteiger partial charge is 0.480 e. The lowest BCUT2D eigenvalue weighted by Gasteiger charge is -2.21. The fraction of sp³-hybridized carbons (Fsp3) is 0.714. The number of nitrogens with one attached hydrogen (secondary N) is 1. The SMILES string of the molecule is CCOC(CC(C)C)C(=O)NC(CCC(=O)C=[N+]=[N-])C(=O)O. The van der Waals surface area contributed by atoms with Gasteiger partial charge in [0.05, 0.1) is 0 Å². The standard InChI is InChI=1S/C14H23N3O5/c1-4-22-12(7-9(2)3)13(19)17-11(14(20)21)6-5-10(18)8-16-15/h8-9,11-12H,4-7H2,1-3H3,(H,17,19)(H,20,21). The van der Waals surface area contributed by atoms with Gasteiger partial charge < -0.3 is 20.7 Å². The fourth-order valence-corrected chi connectivity index (χ4v) is 1.82. The first-order valence-corrected chi connectivity index (χ1v) is 7.16. The molecular weight excluding hydrogens is 290 g/mol. The molecule has 0 aliphatic carbocycles. The normalized spacial score (nSPS) is 13.1. The highest BCUT2D eigenvalue weighted by Gasteiger charge is 2.26. The summed E-state index contributed by atoms with van der Waals surface area (Å²) in [5.74, 6) is -2.05. The summed E-state index contributed by atoms with van der Waals surface area (Å²) < 4.78 is 5.33. The maximum Gasteiger partial charge on any atom is 0.326 e. The number of hydrogen-bond acceptors (Lipinski definition) is 4. The van der Waals surface area contributed by atoms with Crippen LogP contribution in [0.3, 0.4) is 0 Å². The van der Waals surface area contributed by atoms with Crippen molar-refractivity contribution in [2.24, 2.45) is 5.92 Å². The molecule has 0 bridgehead atoms. The Hall–Kier alpha value is -2.05. The van der Waals surface area contributed by atoms with Gasteiger partial charge in [0, 0.05) is 13.0 Å². The van der Waals surface area contributed by atoms with Gasteiger partial charge in [-0.2, -0.15) is 4.79 Å². The Morgan fingerprint density at radius 3 is 2.45 bits per heavy atom. The van der Waals surface area contributed by atoms with Crippen molar-refractivity contribution in [1.82, 2.24) is 5.32 Å². The zero-order valence-electron chi connectivity index (χ0n) is 13.1. The summed E-state index contributed by atoms with van der Waals surface area (Å²) in [5.41, 5.74) is 8.22. The highest BCUT2D eigenvalue weighted by atomic mass is 16.5. The Morgan fingerprint density at radius 2 is 2.00 bits per heavy atom. The molecule has 0 radical (unpaired) electrons. The lowest BCUT2D eigenvalue weighted by Crippen LogP contribution is -2.46. The Kier molecular flexibility index (Phi) is 9.65. The smallest absolute Gasteiger partial charge is 0.326 e. The quantitative estimate of drug-likeness (QED) is 0.329. The number of Topliss-reactive ketones (excluding diaryl/α,β-unsaturated/α-hetero) is 1. The van der Waals surface area contributed by atoms with Crippen molar-refractivity contribution in [1.29, 1.82) is 0 Å². The first kappa shape index (κ1) is 19.9. The summed E-state index contributed by atoms with van der Waals surface area (Å²) in [4.78, 5) is 37.0. The number of rotatable bonds is 11. The molecule has 0 aromatic carbocycles. The molecule has 2 atom stereocenters. The number of carboxylic acid groups (broad SMARTS) is 1. The second-order valence-electron chi connectivity index (χ2n) is 5.22. The number of amides is 1. The number of carbonyl (C=O) groups is 3. The number of ketones is 1. The zero-order chi connectivity index (χ0) is 17.1. The van der Waals surface area contributed by atoms with E-state index in [-0.39, 0.29) is 18.8 Å². The van der Waals surface area contributed by atoms with Crippen LogP contribution in [0, 0.1) is 5.92 Å². The molecule has 0 saturated heterocycles. The van der Waals surface area contributed by atoms with Crippen LogP contribution in [0.1, 0.15) is 40.0 Å². The van der Waals surface area contributed by atoms with Crippen LogP contribution in [-0.2, 0) is 19.1 Å². The van der Waals surface area contributed by atoms with E-state index in [0.717, 1.165) is 0 Å². The summed E-state index contributed by atoms with van der Waals surface area (Å²) in [6.07, 6.45) is 0.212. The molecule has 124 valence electrons. The number of ether oxygens (including phenoxy) is 1. The van der Waals surface area contributed by atoms with Gasteiger partial charge in [-0.15, -0.1) is 0 Å². The van der Waals surface area contributed by atoms with Crippen molar-refractivity contribution in [3.8, 4) is 0 Å². The highest BCUT2D eigenvalue weighted by Crippen LogP contribution is 2.10. The molecular formula is C14H23N3O5. The average molecular weight is 313 g/mol. The van der Waals surface area contributed by atoms with Gasteiger partial charge in [-0.25, -0.2) is 4.79 Å². The van der Waals surface area contributed by atoms with Crippen LogP contribution in [0.4, 0.5) is 0 Å². The van der Waals surface area contributed by atoms with Crippen molar-refractivity contribution < 1.29 is 29.0 Å². The molecule has 0 aliphatic rings. The third-order valence-electron chi connectivity index (χ3n) is 2.84. The molecule has 0 aliphatic heterocycles. The number of carboxylic acids is 1. The molecule has 1 amide bonds. The summed E-state index contributed by atoms with van der Waals surface area (Å²) in [7, 11) is 0. The Balaban J connectivity index is 4.70. The maximum absolute atomic E-state index is 12.1. The number of aliphatic carboxylic acids is 1. The molecule has 0 aromatic heterocycles. The van der Waals surface area contributed by atoms with Crippen molar-refractivity contribution in [3.05, 3.63) is 5.53 Å². The summed E-state index contributed by atoms with van der Waals surface area (Å²) >= 11 is 0. The Bertz CT molecular complexity index is 444. The molecule has 0 heterocycles. The van der Waals surface area contributed by atoms with Crippen molar-refractivity contribution >= 4 is 23.9 Å². The third kappa shape index (κ3) is 8.28. The molecule has 2 N–H and O–H groups in total. The van der Waals surface area contributed by atoms with Crippen LogP contribution in [0.5, 0.6) is 0 Å². The second kappa shape index (κ2) is 10.6. The maximum atomic E-state index is 12.1. The fourth-order valence-electron chi connectivity index (χ4n) is 1.82. The first-order chi connectivity index (χ1) is 10.3. The number of hydrogen-bond donors (Lipinski definition) is 2. The van der Waals surface area contributed by atoms with E-state index in [1.165, 1.54) is 0 Å². The molecule has 22 heavy (non-hydrogen) atoms.